The van der Waals surface area contributed by atoms with E-state index in [1.54, 1.807) is 0 Å². The quantitative estimate of drug-likeness (QED) is 0.453. The van der Waals surface area contributed by atoms with Crippen molar-refractivity contribution in [3.05, 3.63) is 0 Å². The Bertz CT molecular complexity index is 94.3. The molecule has 0 aliphatic rings. The van der Waals surface area contributed by atoms with E-state index in [1.165, 1.54) is 8.93 Å². The maximum Gasteiger partial charge on any atom is 0.0110 e. The highest BCUT2D eigenvalue weighted by atomic mass is 127. The summed E-state index contributed by atoms with van der Waals surface area (Å²) in [4.78, 5) is 0. The highest BCUT2D eigenvalue weighted by Gasteiger charge is 1.74. The molecule has 46 valence electrons. The molecule has 0 atom stereocenters. The van der Waals surface area contributed by atoms with Crippen LogP contribution in [0.25, 0.3) is 0 Å². The van der Waals surface area contributed by atoms with Gasteiger partial charge >= 0.3 is 0 Å². The third-order valence-electron chi connectivity index (χ3n) is 0.617. The zero-order chi connectivity index (χ0) is 6.24. The molecule has 0 fully saturated rings. The Labute approximate surface area is 66.4 Å². The summed E-state index contributed by atoms with van der Waals surface area (Å²) in [6.45, 7) is 0.751. The van der Waals surface area contributed by atoms with E-state index in [1.807, 2.05) is 0 Å². The monoisotopic (exact) mass is 241 g/mol. The average Bonchev–Trinajstić information content (AvgIpc) is 1.81. The second kappa shape index (κ2) is 7.60. The maximum atomic E-state index is 5.23. The number of unbranched alkanes of at least 4 members (excludes halogenated alkanes) is 1. The first kappa shape index (κ1) is 8.60. The molecular weight excluding hydrogens is 233 g/mol. The molecule has 0 aliphatic carbocycles. The first-order valence-corrected chi connectivity index (χ1v) is 5.73. The van der Waals surface area contributed by atoms with Crippen LogP contribution in [0.2, 0.25) is 0 Å². The summed E-state index contributed by atoms with van der Waals surface area (Å²) in [5.74, 6) is 2.96. The fourth-order valence-corrected chi connectivity index (χ4v) is 0.892. The molecule has 8 heavy (non-hydrogen) atoms. The Morgan fingerprint density at radius 3 is 2.88 bits per heavy atom. The fourth-order valence-electron chi connectivity index (χ4n) is 0.269. The molecule has 0 aromatic rings. The van der Waals surface area contributed by atoms with Gasteiger partial charge in [-0.1, -0.05) is 5.92 Å². The third-order valence-corrected chi connectivity index (χ3v) is 1.50. The largest absolute Gasteiger partial charge is 0.330 e. The van der Waals surface area contributed by atoms with Crippen LogP contribution >= 0.6 is 30.1 Å². The van der Waals surface area contributed by atoms with Gasteiger partial charge in [0.15, 0.2) is 0 Å². The fraction of sp³-hybridized carbons (Fsp3) is 0.600. The van der Waals surface area contributed by atoms with Gasteiger partial charge in [-0.15, -0.1) is 0 Å². The van der Waals surface area contributed by atoms with E-state index in [4.69, 9.17) is 5.73 Å². The van der Waals surface area contributed by atoms with E-state index in [0.717, 1.165) is 19.4 Å². The van der Waals surface area contributed by atoms with Gasteiger partial charge < -0.3 is 5.73 Å². The Balaban J connectivity index is 2.90. The van der Waals surface area contributed by atoms with Gasteiger partial charge in [-0.2, -0.15) is 0 Å². The molecular formula is C5H8INS. The van der Waals surface area contributed by atoms with Crippen molar-refractivity contribution in [2.24, 2.45) is 5.73 Å². The Kier molecular flexibility index (Phi) is 8.17. The number of hydrogen-bond acceptors (Lipinski definition) is 2. The van der Waals surface area contributed by atoms with Crippen LogP contribution in [0, 0.1) is 11.2 Å². The van der Waals surface area contributed by atoms with Crippen molar-refractivity contribution in [1.82, 2.24) is 0 Å². The van der Waals surface area contributed by atoms with Crippen LogP contribution in [-0.4, -0.2) is 6.54 Å². The molecule has 0 radical (unpaired) electrons. The van der Waals surface area contributed by atoms with Crippen molar-refractivity contribution in [1.29, 1.82) is 0 Å². The summed E-state index contributed by atoms with van der Waals surface area (Å²) in [6, 6.07) is 0. The highest BCUT2D eigenvalue weighted by Crippen LogP contribution is 2.06. The first-order valence-electron chi connectivity index (χ1n) is 2.37. The van der Waals surface area contributed by atoms with Gasteiger partial charge in [0, 0.05) is 27.6 Å². The molecule has 0 amide bonds. The highest BCUT2D eigenvalue weighted by molar-refractivity contribution is 14.2. The lowest BCUT2D eigenvalue weighted by Gasteiger charge is -1.81. The van der Waals surface area contributed by atoms with E-state index in [-0.39, 0.29) is 0 Å². The topological polar surface area (TPSA) is 26.0 Å². The van der Waals surface area contributed by atoms with Crippen molar-refractivity contribution in [3.8, 4) is 11.2 Å². The Hall–Kier alpha value is 0.600. The van der Waals surface area contributed by atoms with Gasteiger partial charge in [0.05, 0.1) is 0 Å². The lowest BCUT2D eigenvalue weighted by molar-refractivity contribution is 0.870. The average molecular weight is 241 g/mol. The lowest BCUT2D eigenvalue weighted by atomic mass is 10.3. The number of nitrogens with two attached hydrogens (primary N) is 1. The smallest absolute Gasteiger partial charge is 0.0110 e. The molecule has 0 saturated heterocycles. The van der Waals surface area contributed by atoms with Gasteiger partial charge in [-0.3, -0.25) is 0 Å². The number of hydrogen-bond donors (Lipinski definition) is 1. The van der Waals surface area contributed by atoms with Gasteiger partial charge in [-0.05, 0) is 27.2 Å². The number of halogens is 1. The number of rotatable bonds is 2. The van der Waals surface area contributed by atoms with E-state index in [0.29, 0.717) is 0 Å². The molecule has 0 rings (SSSR count). The molecule has 0 aliphatic heterocycles. The van der Waals surface area contributed by atoms with Crippen molar-refractivity contribution >= 4 is 30.1 Å². The second-order valence-electron chi connectivity index (χ2n) is 1.25. The van der Waals surface area contributed by atoms with Crippen LogP contribution in [0.3, 0.4) is 0 Å². The molecule has 0 aromatic heterocycles. The standard InChI is InChI=1S/C5H8INS/c6-8-5-3-1-2-4-7/h1-2,4,7H2. The summed E-state index contributed by atoms with van der Waals surface area (Å²) in [7, 11) is 1.52. The van der Waals surface area contributed by atoms with Crippen LogP contribution < -0.4 is 5.73 Å². The maximum absolute atomic E-state index is 5.23. The summed E-state index contributed by atoms with van der Waals surface area (Å²) in [5.41, 5.74) is 5.23. The van der Waals surface area contributed by atoms with E-state index < -0.39 is 0 Å². The van der Waals surface area contributed by atoms with Gasteiger partial charge in [0.1, 0.15) is 0 Å². The zero-order valence-electron chi connectivity index (χ0n) is 4.48. The molecule has 0 aromatic carbocycles. The minimum atomic E-state index is 0.751. The first-order chi connectivity index (χ1) is 3.91. The van der Waals surface area contributed by atoms with E-state index in [9.17, 15) is 0 Å². The molecule has 0 unspecified atom stereocenters. The molecule has 0 spiro atoms. The molecule has 0 bridgehead atoms. The van der Waals surface area contributed by atoms with E-state index >= 15 is 0 Å². The van der Waals surface area contributed by atoms with Crippen molar-refractivity contribution in [3.63, 3.8) is 0 Å². The molecule has 3 heteroatoms. The molecule has 0 saturated carbocycles. The normalized spacial score (nSPS) is 7.75. The summed E-state index contributed by atoms with van der Waals surface area (Å²) < 4.78 is 0. The molecule has 2 N–H and O–H groups in total. The lowest BCUT2D eigenvalue weighted by Crippen LogP contribution is -1.96. The van der Waals surface area contributed by atoms with Gasteiger partial charge in [0.25, 0.3) is 0 Å². The minimum absolute atomic E-state index is 0.751. The van der Waals surface area contributed by atoms with E-state index in [2.05, 4.69) is 32.4 Å². The molecule has 1 nitrogen and oxygen atoms in total. The zero-order valence-corrected chi connectivity index (χ0v) is 7.46. The van der Waals surface area contributed by atoms with Crippen LogP contribution in [0.1, 0.15) is 12.8 Å². The van der Waals surface area contributed by atoms with Crippen LogP contribution in [-0.2, 0) is 0 Å². The van der Waals surface area contributed by atoms with Crippen molar-refractivity contribution in [2.45, 2.75) is 12.8 Å². The minimum Gasteiger partial charge on any atom is -0.330 e. The second-order valence-corrected chi connectivity index (χ2v) is 2.93. The Morgan fingerprint density at radius 2 is 2.38 bits per heavy atom. The third kappa shape index (κ3) is 6.60. The van der Waals surface area contributed by atoms with Crippen molar-refractivity contribution in [2.75, 3.05) is 6.54 Å². The summed E-state index contributed by atoms with van der Waals surface area (Å²) in [6.07, 6.45) is 1.96. The summed E-state index contributed by atoms with van der Waals surface area (Å²) >= 11 is 2.15. The Morgan fingerprint density at radius 1 is 1.62 bits per heavy atom. The predicted octanol–water partition coefficient (Wildman–Crippen LogP) is 1.77. The predicted molar refractivity (Wildman–Crippen MR) is 47.7 cm³/mol. The van der Waals surface area contributed by atoms with Crippen molar-refractivity contribution < 1.29 is 0 Å². The summed E-state index contributed by atoms with van der Waals surface area (Å²) in [5, 5.41) is 2.88. The van der Waals surface area contributed by atoms with Crippen LogP contribution in [0.15, 0.2) is 0 Å². The van der Waals surface area contributed by atoms with Crippen LogP contribution in [0.4, 0.5) is 0 Å². The van der Waals surface area contributed by atoms with Gasteiger partial charge in [-0.25, -0.2) is 0 Å². The van der Waals surface area contributed by atoms with Gasteiger partial charge in [0.2, 0.25) is 0 Å². The van der Waals surface area contributed by atoms with Crippen LogP contribution in [0.5, 0.6) is 0 Å². The SMILES string of the molecule is NCCCC#CSI. The molecule has 0 heterocycles.